The summed E-state index contributed by atoms with van der Waals surface area (Å²) < 4.78 is 6.34. The van der Waals surface area contributed by atoms with E-state index in [1.165, 1.54) is 57.8 Å². The molecule has 5 heteroatoms. The molecule has 10 atom stereocenters. The van der Waals surface area contributed by atoms with Gasteiger partial charge in [-0.05, 0) is 111 Å². The minimum absolute atomic E-state index is 0. The number of aliphatic hydroxyl groups excluding tert-OH is 1. The third-order valence-electron chi connectivity index (χ3n) is 11.7. The van der Waals surface area contributed by atoms with Crippen LogP contribution < -0.4 is 5.32 Å². The van der Waals surface area contributed by atoms with E-state index in [0.717, 1.165) is 25.9 Å². The van der Waals surface area contributed by atoms with Gasteiger partial charge in [-0.25, -0.2) is 0 Å². The van der Waals surface area contributed by atoms with Gasteiger partial charge in [-0.15, -0.1) is 0 Å². The van der Waals surface area contributed by atoms with Gasteiger partial charge in [-0.2, -0.15) is 13.3 Å². The Morgan fingerprint density at radius 1 is 1.08 bits per heavy atom. The average Bonchev–Trinajstić information content (AvgIpc) is 3.20. The molecule has 10 unspecified atom stereocenters. The monoisotopic (exact) mass is 715 g/mol. The molecule has 4 aliphatic rings. The van der Waals surface area contributed by atoms with Crippen LogP contribution in [0.3, 0.4) is 0 Å². The van der Waals surface area contributed by atoms with Gasteiger partial charge >= 0.3 is 0 Å². The van der Waals surface area contributed by atoms with Crippen molar-refractivity contribution in [3.63, 3.8) is 0 Å². The first-order valence-corrected chi connectivity index (χ1v) is 15.0. The van der Waals surface area contributed by atoms with Crippen LogP contribution in [0.1, 0.15) is 111 Å². The number of hydrogen-bond donors (Lipinski definition) is 2. The number of ether oxygens (including phenoxy) is 1. The zero-order valence-corrected chi connectivity index (χ0v) is 28.7. The van der Waals surface area contributed by atoms with Crippen LogP contribution in [-0.4, -0.2) is 36.9 Å². The molecule has 0 aliphatic heterocycles. The second kappa shape index (κ2) is 13.5. The minimum atomic E-state index is -0.151. The molecule has 36 heavy (non-hydrogen) atoms. The number of carbonyl (C=O) groups is 1. The fraction of sp³-hybridized carbons (Fsp3) is 0.935. The Balaban J connectivity index is 0.00000361. The molecule has 4 fully saturated rings. The van der Waals surface area contributed by atoms with E-state index in [0.29, 0.717) is 58.9 Å². The van der Waals surface area contributed by atoms with E-state index < -0.39 is 0 Å². The number of aliphatic hydroxyl groups is 1. The molecule has 1 amide bonds. The molecule has 2 N–H and O–H groups in total. The average molecular weight is 716 g/mol. The number of fused-ring (bicyclic) bond motifs is 5. The Labute approximate surface area is 257 Å². The van der Waals surface area contributed by atoms with Crippen LogP contribution >= 0.6 is 0 Å². The summed E-state index contributed by atoms with van der Waals surface area (Å²) >= 11 is 0. The van der Waals surface area contributed by atoms with Crippen LogP contribution in [0.2, 0.25) is 0 Å². The van der Waals surface area contributed by atoms with Crippen molar-refractivity contribution < 1.29 is 58.7 Å². The van der Waals surface area contributed by atoms with E-state index in [9.17, 15) is 9.90 Å². The van der Waals surface area contributed by atoms with Crippen LogP contribution in [0.25, 0.3) is 0 Å². The number of amides is 1. The number of unbranched alkanes of at least 4 members (excludes halogenated alkanes) is 3. The van der Waals surface area contributed by atoms with E-state index >= 15 is 0 Å². The molecule has 0 saturated heterocycles. The molecule has 4 nitrogen and oxygen atoms in total. The van der Waals surface area contributed by atoms with Crippen LogP contribution in [-0.2, 0) is 9.53 Å². The Bertz CT molecular complexity index is 718. The Morgan fingerprint density at radius 3 is 2.53 bits per heavy atom. The van der Waals surface area contributed by atoms with E-state index in [1.54, 1.807) is 7.05 Å². The first-order valence-electron chi connectivity index (χ1n) is 15.0. The van der Waals surface area contributed by atoms with Gasteiger partial charge < -0.3 is 21.6 Å². The molecule has 4 rings (SSSR count). The molecule has 205 valence electrons. The van der Waals surface area contributed by atoms with Crippen molar-refractivity contribution in [3.8, 4) is 0 Å². The Kier molecular flexibility index (Phi) is 11.7. The van der Waals surface area contributed by atoms with Crippen molar-refractivity contribution in [3.05, 3.63) is 6.42 Å². The van der Waals surface area contributed by atoms with Crippen molar-refractivity contribution in [2.24, 2.45) is 46.3 Å². The zero-order chi connectivity index (χ0) is 25.2. The summed E-state index contributed by atoms with van der Waals surface area (Å²) in [5.74, 6) is 3.81. The summed E-state index contributed by atoms with van der Waals surface area (Å²) in [6.45, 7) is 10.5. The molecule has 0 aromatic heterocycles. The number of nitrogens with one attached hydrogen (secondary N) is 1. The maximum atomic E-state index is 11.9. The summed E-state index contributed by atoms with van der Waals surface area (Å²) in [7, 11) is 1.74. The molecule has 0 aromatic rings. The predicted molar refractivity (Wildman–Crippen MR) is 143 cm³/mol. The number of rotatable bonds is 10. The Hall–Kier alpha value is 0.832. The standard InChI is InChI=1S/C31H54NO3.Ac/c1-6-7-8-9-18-35-23-14-16-30(3)22(19-23)20-27(33)29-25-12-11-24(21(2)10-13-28(34)32-5)31(25,4)17-15-26(29)30;/h6,21-27,29,33H,7-20H2,1-5H3,(H,32,34);/q-1;. The second-order valence-electron chi connectivity index (χ2n) is 13.4. The summed E-state index contributed by atoms with van der Waals surface area (Å²) in [5.41, 5.74) is 0.689. The van der Waals surface area contributed by atoms with Gasteiger partial charge in [0.15, 0.2) is 0 Å². The first-order chi connectivity index (χ1) is 16.7. The van der Waals surface area contributed by atoms with Gasteiger partial charge in [0.05, 0.1) is 12.2 Å². The van der Waals surface area contributed by atoms with Gasteiger partial charge in [0, 0.05) is 64.1 Å². The van der Waals surface area contributed by atoms with Gasteiger partial charge in [-0.3, -0.25) is 4.79 Å². The van der Waals surface area contributed by atoms with Gasteiger partial charge in [0.25, 0.3) is 0 Å². The molecule has 0 aromatic carbocycles. The van der Waals surface area contributed by atoms with Gasteiger partial charge in [-0.1, -0.05) is 27.2 Å². The van der Waals surface area contributed by atoms with Crippen molar-refractivity contribution >= 4 is 5.91 Å². The van der Waals surface area contributed by atoms with Crippen LogP contribution in [0.15, 0.2) is 0 Å². The van der Waals surface area contributed by atoms with Crippen molar-refractivity contribution in [1.29, 1.82) is 0 Å². The van der Waals surface area contributed by atoms with Crippen molar-refractivity contribution in [2.75, 3.05) is 13.7 Å². The largest absolute Gasteiger partial charge is 0.393 e. The number of carbonyl (C=O) groups excluding carboxylic acids is 1. The van der Waals surface area contributed by atoms with Crippen molar-refractivity contribution in [1.82, 2.24) is 5.32 Å². The minimum Gasteiger partial charge on any atom is -0.393 e. The summed E-state index contributed by atoms with van der Waals surface area (Å²) in [6, 6.07) is 0. The quantitative estimate of drug-likeness (QED) is 0.199. The van der Waals surface area contributed by atoms with E-state index in [-0.39, 0.29) is 56.1 Å². The summed E-state index contributed by atoms with van der Waals surface area (Å²) in [6.07, 6.45) is 17.4. The van der Waals surface area contributed by atoms with Crippen LogP contribution in [0.4, 0.5) is 0 Å². The maximum Gasteiger partial charge on any atom is 0.219 e. The van der Waals surface area contributed by atoms with Crippen LogP contribution in [0, 0.1) is 96.8 Å². The molecule has 0 spiro atoms. The summed E-state index contributed by atoms with van der Waals surface area (Å²) in [5, 5.41) is 14.4. The fourth-order valence-electron chi connectivity index (χ4n) is 9.70. The van der Waals surface area contributed by atoms with Gasteiger partial charge in [0.1, 0.15) is 0 Å². The summed E-state index contributed by atoms with van der Waals surface area (Å²) in [4.78, 5) is 11.9. The molecule has 0 heterocycles. The normalized spacial score (nSPS) is 42.4. The molecule has 4 saturated carbocycles. The maximum absolute atomic E-state index is 11.9. The van der Waals surface area contributed by atoms with E-state index in [2.05, 4.69) is 39.4 Å². The first kappa shape index (κ1) is 31.4. The predicted octanol–water partition coefficient (Wildman–Crippen LogP) is 6.56. The molecule has 4 aliphatic carbocycles. The molecular weight excluding hydrogens is 661 g/mol. The Morgan fingerprint density at radius 2 is 1.81 bits per heavy atom. The molecular formula is C31H54AcNO3-. The van der Waals surface area contributed by atoms with Gasteiger partial charge in [0.2, 0.25) is 5.91 Å². The van der Waals surface area contributed by atoms with Crippen molar-refractivity contribution in [2.45, 2.75) is 123 Å². The van der Waals surface area contributed by atoms with E-state index in [4.69, 9.17) is 4.74 Å². The number of hydrogen-bond acceptors (Lipinski definition) is 3. The topological polar surface area (TPSA) is 58.6 Å². The SMILES string of the molecule is C[CH-]CCCCOC1CCC2(C)C(C1)CC(O)C1C2CCC2(C)C(C(C)CCC(=O)NC)CCC12.[Ac]. The third-order valence-corrected chi connectivity index (χ3v) is 11.7. The van der Waals surface area contributed by atoms with E-state index in [1.807, 2.05) is 0 Å². The third kappa shape index (κ3) is 6.26. The molecule has 0 bridgehead atoms. The zero-order valence-electron chi connectivity index (χ0n) is 23.9. The smallest absolute Gasteiger partial charge is 0.219 e. The molecule has 1 radical (unpaired) electrons. The fourth-order valence-corrected chi connectivity index (χ4v) is 9.70. The van der Waals surface area contributed by atoms with Crippen LogP contribution in [0.5, 0.6) is 0 Å². The second-order valence-corrected chi connectivity index (χ2v) is 13.4.